The van der Waals surface area contributed by atoms with E-state index in [4.69, 9.17) is 9.79 Å². The van der Waals surface area contributed by atoms with Gasteiger partial charge in [-0.25, -0.2) is 4.79 Å². The Morgan fingerprint density at radius 1 is 1.46 bits per heavy atom. The summed E-state index contributed by atoms with van der Waals surface area (Å²) < 4.78 is 14.3. The van der Waals surface area contributed by atoms with Gasteiger partial charge in [0.1, 0.15) is 6.16 Å². The molecule has 0 saturated carbocycles. The Morgan fingerprint density at radius 3 is 2.23 bits per heavy atom. The summed E-state index contributed by atoms with van der Waals surface area (Å²) >= 11 is 0. The normalized spacial score (nSPS) is 10.7. The standard InChI is InChI=1S/C6H9O6P/c1-4(2)6(8)12-5(7)3-13(9,10)11/h1,3H2,2H3,(H2,9,10,11). The number of hydrogen-bond donors (Lipinski definition) is 2. The SMILES string of the molecule is C=C(C)C(=O)OC(=O)CP(=O)(O)O. The number of esters is 2. The van der Waals surface area contributed by atoms with Crippen LogP contribution >= 0.6 is 7.60 Å². The molecule has 0 heterocycles. The molecule has 0 fully saturated rings. The molecular formula is C6H9O6P. The number of rotatable bonds is 3. The summed E-state index contributed by atoms with van der Waals surface area (Å²) in [7, 11) is -4.46. The van der Waals surface area contributed by atoms with Crippen LogP contribution in [0.3, 0.4) is 0 Å². The van der Waals surface area contributed by atoms with E-state index in [0.29, 0.717) is 0 Å². The van der Waals surface area contributed by atoms with Crippen LogP contribution in [0.15, 0.2) is 12.2 Å². The summed E-state index contributed by atoms with van der Waals surface area (Å²) in [6, 6.07) is 0. The third-order valence-electron chi connectivity index (χ3n) is 0.890. The third-order valence-corrected chi connectivity index (χ3v) is 1.56. The van der Waals surface area contributed by atoms with Gasteiger partial charge in [-0.1, -0.05) is 6.58 Å². The first kappa shape index (κ1) is 12.0. The van der Waals surface area contributed by atoms with E-state index in [1.165, 1.54) is 6.92 Å². The molecule has 0 aliphatic carbocycles. The lowest BCUT2D eigenvalue weighted by Crippen LogP contribution is -2.16. The van der Waals surface area contributed by atoms with E-state index in [9.17, 15) is 14.2 Å². The van der Waals surface area contributed by atoms with Crippen LogP contribution in [0, 0.1) is 0 Å². The molecule has 0 aromatic heterocycles. The van der Waals surface area contributed by atoms with Crippen LogP contribution in [0.25, 0.3) is 0 Å². The van der Waals surface area contributed by atoms with Crippen molar-refractivity contribution in [2.24, 2.45) is 0 Å². The summed E-state index contributed by atoms with van der Waals surface area (Å²) in [6.45, 7) is 4.50. The fourth-order valence-corrected chi connectivity index (χ4v) is 0.792. The minimum atomic E-state index is -4.46. The Morgan fingerprint density at radius 2 is 1.92 bits per heavy atom. The largest absolute Gasteiger partial charge is 0.389 e. The van der Waals surface area contributed by atoms with Crippen LogP contribution in [0.5, 0.6) is 0 Å². The molecule has 0 unspecified atom stereocenters. The van der Waals surface area contributed by atoms with Gasteiger partial charge in [0.25, 0.3) is 0 Å². The van der Waals surface area contributed by atoms with Crippen molar-refractivity contribution in [1.82, 2.24) is 0 Å². The summed E-state index contributed by atoms with van der Waals surface area (Å²) in [5, 5.41) is 0. The van der Waals surface area contributed by atoms with Gasteiger partial charge >= 0.3 is 19.5 Å². The van der Waals surface area contributed by atoms with Gasteiger partial charge in [0.05, 0.1) is 0 Å². The molecule has 0 radical (unpaired) electrons. The molecule has 0 aromatic rings. The predicted octanol–water partition coefficient (Wildman–Crippen LogP) is -0.190. The zero-order valence-corrected chi connectivity index (χ0v) is 7.78. The lowest BCUT2D eigenvalue weighted by Gasteiger charge is -2.03. The molecule has 7 heteroatoms. The highest BCUT2D eigenvalue weighted by molar-refractivity contribution is 7.52. The summed E-state index contributed by atoms with van der Waals surface area (Å²) in [5.74, 6) is -2.25. The van der Waals surface area contributed by atoms with Crippen molar-refractivity contribution in [3.05, 3.63) is 12.2 Å². The van der Waals surface area contributed by atoms with Gasteiger partial charge in [0.2, 0.25) is 0 Å². The Bertz CT molecular complexity index is 287. The third kappa shape index (κ3) is 6.21. The lowest BCUT2D eigenvalue weighted by atomic mass is 10.4. The average Bonchev–Trinajstić information content (AvgIpc) is 1.81. The van der Waals surface area contributed by atoms with Crippen molar-refractivity contribution in [3.8, 4) is 0 Å². The predicted molar refractivity (Wildman–Crippen MR) is 42.8 cm³/mol. The second kappa shape index (κ2) is 4.32. The van der Waals surface area contributed by atoms with Crippen molar-refractivity contribution in [3.63, 3.8) is 0 Å². The number of carbonyl (C=O) groups is 2. The zero-order chi connectivity index (χ0) is 10.6. The average molecular weight is 208 g/mol. The molecule has 0 atom stereocenters. The second-order valence-electron chi connectivity index (χ2n) is 2.36. The summed E-state index contributed by atoms with van der Waals surface area (Å²) in [4.78, 5) is 37.9. The quantitative estimate of drug-likeness (QED) is 0.288. The summed E-state index contributed by atoms with van der Waals surface area (Å²) in [5.41, 5.74) is -0.0148. The van der Waals surface area contributed by atoms with E-state index >= 15 is 0 Å². The number of hydrogen-bond acceptors (Lipinski definition) is 4. The van der Waals surface area contributed by atoms with Crippen LogP contribution in [0.2, 0.25) is 0 Å². The van der Waals surface area contributed by atoms with Crippen molar-refractivity contribution in [1.29, 1.82) is 0 Å². The van der Waals surface area contributed by atoms with Crippen LogP contribution in [0.1, 0.15) is 6.92 Å². The lowest BCUT2D eigenvalue weighted by molar-refractivity contribution is -0.154. The Hall–Kier alpha value is -0.970. The van der Waals surface area contributed by atoms with Crippen LogP contribution < -0.4 is 0 Å². The highest BCUT2D eigenvalue weighted by atomic mass is 31.2. The fourth-order valence-electron chi connectivity index (χ4n) is 0.391. The first-order valence-corrected chi connectivity index (χ1v) is 4.97. The smallest absolute Gasteiger partial charge is 0.340 e. The van der Waals surface area contributed by atoms with Crippen molar-refractivity contribution >= 4 is 19.5 Å². The van der Waals surface area contributed by atoms with Crippen molar-refractivity contribution in [2.75, 3.05) is 6.16 Å². The number of carbonyl (C=O) groups excluding carboxylic acids is 2. The maximum absolute atomic E-state index is 10.6. The Balaban J connectivity index is 4.11. The monoisotopic (exact) mass is 208 g/mol. The highest BCUT2D eigenvalue weighted by Gasteiger charge is 2.22. The molecule has 0 saturated heterocycles. The van der Waals surface area contributed by atoms with Gasteiger partial charge in [-0.15, -0.1) is 0 Å². The molecule has 0 spiro atoms. The molecule has 0 rings (SSSR count). The van der Waals surface area contributed by atoms with Crippen LogP contribution in [-0.2, 0) is 18.9 Å². The van der Waals surface area contributed by atoms with E-state index in [0.717, 1.165) is 0 Å². The first-order valence-electron chi connectivity index (χ1n) is 3.17. The van der Waals surface area contributed by atoms with E-state index < -0.39 is 25.7 Å². The van der Waals surface area contributed by atoms with E-state index in [-0.39, 0.29) is 5.57 Å². The van der Waals surface area contributed by atoms with E-state index in [2.05, 4.69) is 11.3 Å². The molecule has 0 bridgehead atoms. The molecule has 0 aliphatic rings. The maximum atomic E-state index is 10.6. The fraction of sp³-hybridized carbons (Fsp3) is 0.333. The van der Waals surface area contributed by atoms with Crippen molar-refractivity contribution in [2.45, 2.75) is 6.92 Å². The number of ether oxygens (including phenoxy) is 1. The zero-order valence-electron chi connectivity index (χ0n) is 6.89. The topological polar surface area (TPSA) is 101 Å². The van der Waals surface area contributed by atoms with E-state index in [1.54, 1.807) is 0 Å². The maximum Gasteiger partial charge on any atom is 0.340 e. The highest BCUT2D eigenvalue weighted by Crippen LogP contribution is 2.33. The van der Waals surface area contributed by atoms with Crippen molar-refractivity contribution < 1.29 is 28.7 Å². The van der Waals surface area contributed by atoms with Gasteiger partial charge in [-0.2, -0.15) is 0 Å². The van der Waals surface area contributed by atoms with Gasteiger partial charge in [-0.3, -0.25) is 9.36 Å². The molecule has 74 valence electrons. The molecule has 0 amide bonds. The molecular weight excluding hydrogens is 199 g/mol. The molecule has 2 N–H and O–H groups in total. The summed E-state index contributed by atoms with van der Waals surface area (Å²) in [6.07, 6.45) is -1.11. The minimum absolute atomic E-state index is 0.0148. The van der Waals surface area contributed by atoms with Crippen LogP contribution in [0.4, 0.5) is 0 Å². The van der Waals surface area contributed by atoms with E-state index in [1.807, 2.05) is 0 Å². The van der Waals surface area contributed by atoms with Gasteiger partial charge < -0.3 is 14.5 Å². The second-order valence-corrected chi connectivity index (χ2v) is 4.01. The van der Waals surface area contributed by atoms with Gasteiger partial charge in [0.15, 0.2) is 0 Å². The van der Waals surface area contributed by atoms with Gasteiger partial charge in [0, 0.05) is 5.57 Å². The Kier molecular flexibility index (Phi) is 4.00. The molecule has 13 heavy (non-hydrogen) atoms. The Labute approximate surface area is 74.4 Å². The molecule has 6 nitrogen and oxygen atoms in total. The minimum Gasteiger partial charge on any atom is -0.389 e. The van der Waals surface area contributed by atoms with Gasteiger partial charge in [-0.05, 0) is 6.92 Å². The molecule has 0 aromatic carbocycles. The molecule has 0 aliphatic heterocycles. The first-order chi connectivity index (χ1) is 5.72. The van der Waals surface area contributed by atoms with Crippen LogP contribution in [-0.4, -0.2) is 27.9 Å².